The average molecular weight is 369 g/mol. The van der Waals surface area contributed by atoms with E-state index < -0.39 is 8.07 Å². The summed E-state index contributed by atoms with van der Waals surface area (Å²) in [5, 5.41) is 3.59. The first-order valence-corrected chi connectivity index (χ1v) is 12.7. The molecule has 4 nitrogen and oxygen atoms in total. The molecular formula is C19H24N4SSi. The van der Waals surface area contributed by atoms with Crippen LogP contribution in [0.4, 0.5) is 5.82 Å². The Labute approximate surface area is 154 Å². The number of nitrogens with zero attached hydrogens (tertiary/aromatic N) is 3. The maximum atomic E-state index is 4.80. The second-order valence-electron chi connectivity index (χ2n) is 8.15. The SMILES string of the molecule is CC(C)(C)Nc1c(-c2ccc(C#C[Si](C)(C)C)s2)nc2cnccn12. The van der Waals surface area contributed by atoms with Crippen molar-refractivity contribution in [3.63, 3.8) is 0 Å². The van der Waals surface area contributed by atoms with Crippen LogP contribution < -0.4 is 5.32 Å². The third-order valence-electron chi connectivity index (χ3n) is 3.32. The molecule has 0 aliphatic rings. The van der Waals surface area contributed by atoms with Gasteiger partial charge in [-0.1, -0.05) is 25.6 Å². The van der Waals surface area contributed by atoms with Crippen LogP contribution in [-0.4, -0.2) is 28.0 Å². The third-order valence-corrected chi connectivity index (χ3v) is 5.21. The molecule has 3 aromatic heterocycles. The van der Waals surface area contributed by atoms with Gasteiger partial charge in [0, 0.05) is 17.9 Å². The predicted molar refractivity (Wildman–Crippen MR) is 110 cm³/mol. The Kier molecular flexibility index (Phi) is 4.48. The molecule has 130 valence electrons. The molecule has 6 heteroatoms. The van der Waals surface area contributed by atoms with Gasteiger partial charge in [0.05, 0.1) is 16.0 Å². The summed E-state index contributed by atoms with van der Waals surface area (Å²) < 4.78 is 2.06. The van der Waals surface area contributed by atoms with Gasteiger partial charge in [-0.25, -0.2) is 4.98 Å². The lowest BCUT2D eigenvalue weighted by molar-refractivity contribution is 0.629. The highest BCUT2D eigenvalue weighted by molar-refractivity contribution is 7.16. The van der Waals surface area contributed by atoms with Gasteiger partial charge in [-0.05, 0) is 32.9 Å². The molecule has 0 radical (unpaired) electrons. The quantitative estimate of drug-likeness (QED) is 0.517. The number of thiophene rings is 1. The monoisotopic (exact) mass is 368 g/mol. The van der Waals surface area contributed by atoms with Gasteiger partial charge in [0.15, 0.2) is 5.65 Å². The molecule has 0 saturated heterocycles. The maximum Gasteiger partial charge on any atom is 0.157 e. The average Bonchev–Trinajstić information content (AvgIpc) is 3.08. The molecule has 1 N–H and O–H groups in total. The number of nitrogens with one attached hydrogen (secondary N) is 1. The van der Waals surface area contributed by atoms with Gasteiger partial charge in [-0.2, -0.15) is 0 Å². The number of anilines is 1. The summed E-state index contributed by atoms with van der Waals surface area (Å²) in [6.45, 7) is 13.2. The van der Waals surface area contributed by atoms with Gasteiger partial charge in [0.25, 0.3) is 0 Å². The molecule has 0 spiro atoms. The van der Waals surface area contributed by atoms with E-state index in [1.807, 2.05) is 6.20 Å². The minimum atomic E-state index is -1.37. The number of imidazole rings is 1. The first kappa shape index (κ1) is 17.7. The highest BCUT2D eigenvalue weighted by atomic mass is 32.1. The molecule has 3 rings (SSSR count). The highest BCUT2D eigenvalue weighted by Gasteiger charge is 2.20. The summed E-state index contributed by atoms with van der Waals surface area (Å²) in [5.41, 5.74) is 5.16. The Hall–Kier alpha value is -2.10. The standard InChI is InChI=1S/C19H24N4SSi/c1-19(2,3)22-18-17(21-16-13-20-10-11-23(16)18)15-8-7-14(24-15)9-12-25(4,5)6/h7-8,10-11,13,22H,1-6H3. The van der Waals surface area contributed by atoms with E-state index in [0.29, 0.717) is 0 Å². The van der Waals surface area contributed by atoms with Gasteiger partial charge in [0.1, 0.15) is 19.6 Å². The van der Waals surface area contributed by atoms with Crippen molar-refractivity contribution in [2.45, 2.75) is 46.0 Å². The van der Waals surface area contributed by atoms with Crippen LogP contribution in [0.5, 0.6) is 0 Å². The van der Waals surface area contributed by atoms with Crippen molar-refractivity contribution in [2.75, 3.05) is 5.32 Å². The Morgan fingerprint density at radius 3 is 2.64 bits per heavy atom. The number of hydrogen-bond acceptors (Lipinski definition) is 4. The van der Waals surface area contributed by atoms with E-state index in [2.05, 4.69) is 78.7 Å². The molecule has 3 aromatic rings. The van der Waals surface area contributed by atoms with Crippen LogP contribution in [0, 0.1) is 11.5 Å². The molecule has 0 aliphatic carbocycles. The molecule has 0 aliphatic heterocycles. The zero-order chi connectivity index (χ0) is 18.2. The Bertz CT molecular complexity index is 961. The summed E-state index contributed by atoms with van der Waals surface area (Å²) in [6.07, 6.45) is 5.52. The van der Waals surface area contributed by atoms with Crippen molar-refractivity contribution < 1.29 is 0 Å². The topological polar surface area (TPSA) is 42.2 Å². The minimum Gasteiger partial charge on any atom is -0.365 e. The molecular weight excluding hydrogens is 344 g/mol. The van der Waals surface area contributed by atoms with E-state index in [9.17, 15) is 0 Å². The zero-order valence-electron chi connectivity index (χ0n) is 15.6. The first-order chi connectivity index (χ1) is 11.6. The third kappa shape index (κ3) is 4.30. The summed E-state index contributed by atoms with van der Waals surface area (Å²) in [4.78, 5) is 11.2. The lowest BCUT2D eigenvalue weighted by Gasteiger charge is -2.22. The predicted octanol–water partition coefficient (Wildman–Crippen LogP) is 4.90. The van der Waals surface area contributed by atoms with E-state index in [4.69, 9.17) is 4.98 Å². The number of hydrogen-bond donors (Lipinski definition) is 1. The lowest BCUT2D eigenvalue weighted by atomic mass is 10.1. The van der Waals surface area contributed by atoms with E-state index in [1.165, 1.54) is 0 Å². The van der Waals surface area contributed by atoms with Crippen LogP contribution in [0.3, 0.4) is 0 Å². The molecule has 25 heavy (non-hydrogen) atoms. The smallest absolute Gasteiger partial charge is 0.157 e. The van der Waals surface area contributed by atoms with Gasteiger partial charge < -0.3 is 5.32 Å². The molecule has 0 amide bonds. The minimum absolute atomic E-state index is 0.0638. The summed E-state index contributed by atoms with van der Waals surface area (Å²) in [6, 6.07) is 4.21. The van der Waals surface area contributed by atoms with E-state index >= 15 is 0 Å². The van der Waals surface area contributed by atoms with Gasteiger partial charge in [0.2, 0.25) is 0 Å². The first-order valence-electron chi connectivity index (χ1n) is 8.36. The molecule has 0 fully saturated rings. The molecule has 0 bridgehead atoms. The van der Waals surface area contributed by atoms with Gasteiger partial charge in [-0.3, -0.25) is 9.38 Å². The fraction of sp³-hybridized carbons (Fsp3) is 0.368. The second-order valence-corrected chi connectivity index (χ2v) is 14.0. The molecule has 0 saturated carbocycles. The van der Waals surface area contributed by atoms with Crippen LogP contribution >= 0.6 is 11.3 Å². The summed E-state index contributed by atoms with van der Waals surface area (Å²) in [5.74, 6) is 4.34. The molecule has 0 aromatic carbocycles. The lowest BCUT2D eigenvalue weighted by Crippen LogP contribution is -2.27. The summed E-state index contributed by atoms with van der Waals surface area (Å²) >= 11 is 1.69. The Morgan fingerprint density at radius 2 is 1.96 bits per heavy atom. The van der Waals surface area contributed by atoms with Crippen LogP contribution in [0.1, 0.15) is 25.6 Å². The molecule has 3 heterocycles. The van der Waals surface area contributed by atoms with Crippen molar-refractivity contribution in [3.8, 4) is 22.0 Å². The maximum absolute atomic E-state index is 4.80. The van der Waals surface area contributed by atoms with Gasteiger partial charge >= 0.3 is 0 Å². The van der Waals surface area contributed by atoms with Crippen molar-refractivity contribution in [2.24, 2.45) is 0 Å². The van der Waals surface area contributed by atoms with E-state index in [0.717, 1.165) is 26.9 Å². The molecule has 0 atom stereocenters. The van der Waals surface area contributed by atoms with Crippen LogP contribution in [0.15, 0.2) is 30.7 Å². The fourth-order valence-electron chi connectivity index (χ4n) is 2.33. The second kappa shape index (κ2) is 6.32. The van der Waals surface area contributed by atoms with E-state index in [-0.39, 0.29) is 5.54 Å². The Morgan fingerprint density at radius 1 is 1.20 bits per heavy atom. The fourth-order valence-corrected chi connectivity index (χ4v) is 3.79. The zero-order valence-corrected chi connectivity index (χ0v) is 17.5. The van der Waals surface area contributed by atoms with Crippen molar-refractivity contribution in [1.82, 2.24) is 14.4 Å². The highest BCUT2D eigenvalue weighted by Crippen LogP contribution is 2.34. The Balaban J connectivity index is 2.08. The van der Waals surface area contributed by atoms with Crippen LogP contribution in [0.25, 0.3) is 16.2 Å². The van der Waals surface area contributed by atoms with Crippen molar-refractivity contribution in [3.05, 3.63) is 35.6 Å². The van der Waals surface area contributed by atoms with E-state index in [1.54, 1.807) is 23.7 Å². The number of aromatic nitrogens is 3. The van der Waals surface area contributed by atoms with Gasteiger partial charge in [-0.15, -0.1) is 16.9 Å². The van der Waals surface area contributed by atoms with Crippen LogP contribution in [0.2, 0.25) is 19.6 Å². The normalized spacial score (nSPS) is 12.1. The number of rotatable bonds is 2. The summed E-state index contributed by atoms with van der Waals surface area (Å²) in [7, 11) is -1.37. The van der Waals surface area contributed by atoms with Crippen LogP contribution in [-0.2, 0) is 0 Å². The van der Waals surface area contributed by atoms with Crippen molar-refractivity contribution in [1.29, 1.82) is 0 Å². The van der Waals surface area contributed by atoms with Crippen molar-refractivity contribution >= 4 is 30.9 Å². The molecule has 0 unspecified atom stereocenters. The number of fused-ring (bicyclic) bond motifs is 1. The largest absolute Gasteiger partial charge is 0.365 e.